The second-order valence-corrected chi connectivity index (χ2v) is 8.23. The zero-order valence-electron chi connectivity index (χ0n) is 13.0. The summed E-state index contributed by atoms with van der Waals surface area (Å²) in [4.78, 5) is 11.9. The van der Waals surface area contributed by atoms with E-state index in [4.69, 9.17) is 0 Å². The first-order valence-electron chi connectivity index (χ1n) is 6.75. The zero-order chi connectivity index (χ0) is 18.9. The number of phenols is 1. The number of halogens is 3. The van der Waals surface area contributed by atoms with Gasteiger partial charge in [-0.3, -0.25) is 4.79 Å². The number of aromatic hydroxyl groups is 1. The van der Waals surface area contributed by atoms with Gasteiger partial charge in [-0.05, 0) is 24.3 Å². The maximum Gasteiger partial charge on any atom is 0.261 e. The van der Waals surface area contributed by atoms with Crippen molar-refractivity contribution < 1.29 is 27.1 Å². The highest BCUT2D eigenvalue weighted by Crippen LogP contribution is 2.28. The lowest BCUT2D eigenvalue weighted by Crippen LogP contribution is -2.22. The molecule has 0 fully saturated rings. The quantitative estimate of drug-likeness (QED) is 0.724. The Labute approximate surface area is 151 Å². The van der Waals surface area contributed by atoms with Gasteiger partial charge in [0.15, 0.2) is 0 Å². The molecule has 10 heteroatoms. The van der Waals surface area contributed by atoms with E-state index < -0.39 is 38.9 Å². The third-order valence-electron chi connectivity index (χ3n) is 3.23. The Morgan fingerprint density at radius 1 is 1.16 bits per heavy atom. The number of rotatable bonds is 4. The molecule has 0 atom stereocenters. The normalized spacial score (nSPS) is 11.6. The zero-order valence-corrected chi connectivity index (χ0v) is 15.5. The maximum absolute atomic E-state index is 13.8. The van der Waals surface area contributed by atoms with Gasteiger partial charge in [0.2, 0.25) is 10.0 Å². The molecule has 0 spiro atoms. The second kappa shape index (κ2) is 7.06. The molecule has 0 bridgehead atoms. The van der Waals surface area contributed by atoms with Gasteiger partial charge < -0.3 is 10.4 Å². The van der Waals surface area contributed by atoms with Gasteiger partial charge in [-0.25, -0.2) is 21.5 Å². The summed E-state index contributed by atoms with van der Waals surface area (Å²) in [6, 6.07) is 5.05. The summed E-state index contributed by atoms with van der Waals surface area (Å²) >= 11 is 2.90. The Bertz CT molecular complexity index is 926. The molecule has 0 radical (unpaired) electrons. The minimum atomic E-state index is -3.78. The van der Waals surface area contributed by atoms with Crippen LogP contribution in [0.1, 0.15) is 10.4 Å². The maximum atomic E-state index is 13.8. The van der Waals surface area contributed by atoms with Gasteiger partial charge in [0.1, 0.15) is 22.9 Å². The van der Waals surface area contributed by atoms with Gasteiger partial charge in [0.25, 0.3) is 5.91 Å². The predicted octanol–water partition coefficient (Wildman–Crippen LogP) is 2.94. The monoisotopic (exact) mass is 434 g/mol. The predicted molar refractivity (Wildman–Crippen MR) is 91.0 cm³/mol. The number of phenolic OH excluding ortho intramolecular Hbond substituents is 1. The van der Waals surface area contributed by atoms with Crippen molar-refractivity contribution in [3.8, 4) is 5.75 Å². The van der Waals surface area contributed by atoms with Gasteiger partial charge in [0, 0.05) is 24.6 Å². The number of carbonyl (C=O) groups excluding carboxylic acids is 1. The van der Waals surface area contributed by atoms with Crippen LogP contribution in [-0.2, 0) is 10.0 Å². The van der Waals surface area contributed by atoms with Crippen LogP contribution in [-0.4, -0.2) is 37.8 Å². The van der Waals surface area contributed by atoms with Gasteiger partial charge in [-0.1, -0.05) is 15.9 Å². The minimum absolute atomic E-state index is 0.125. The first-order chi connectivity index (χ1) is 11.5. The van der Waals surface area contributed by atoms with Crippen molar-refractivity contribution in [2.75, 3.05) is 19.4 Å². The number of benzene rings is 2. The smallest absolute Gasteiger partial charge is 0.261 e. The molecule has 0 saturated heterocycles. The van der Waals surface area contributed by atoms with E-state index in [0.717, 1.165) is 34.6 Å². The van der Waals surface area contributed by atoms with Crippen molar-refractivity contribution in [2.45, 2.75) is 4.90 Å². The molecule has 0 aliphatic carbocycles. The SMILES string of the molecule is CN(C)S(=O)(=O)c1ccc(NC(=O)c2c(F)cc(Br)cc2F)c(O)c1. The summed E-state index contributed by atoms with van der Waals surface area (Å²) in [5.74, 6) is -3.86. The standard InChI is InChI=1S/C15H13BrF2N2O4S/c1-20(2)25(23,24)9-3-4-12(13(21)7-9)19-15(22)14-10(17)5-8(16)6-11(14)18/h3-7,21H,1-2H3,(H,19,22). The summed E-state index contributed by atoms with van der Waals surface area (Å²) in [6.07, 6.45) is 0. The highest BCUT2D eigenvalue weighted by atomic mass is 79.9. The van der Waals surface area contributed by atoms with Crippen LogP contribution in [0.4, 0.5) is 14.5 Å². The third kappa shape index (κ3) is 3.97. The molecule has 2 aromatic carbocycles. The Morgan fingerprint density at radius 3 is 2.20 bits per heavy atom. The minimum Gasteiger partial charge on any atom is -0.506 e. The van der Waals surface area contributed by atoms with Crippen molar-refractivity contribution in [2.24, 2.45) is 0 Å². The first kappa shape index (κ1) is 19.3. The Morgan fingerprint density at radius 2 is 1.72 bits per heavy atom. The number of anilines is 1. The van der Waals surface area contributed by atoms with E-state index in [0.29, 0.717) is 0 Å². The number of nitrogens with one attached hydrogen (secondary N) is 1. The topological polar surface area (TPSA) is 86.7 Å². The fraction of sp³-hybridized carbons (Fsp3) is 0.133. The van der Waals surface area contributed by atoms with Gasteiger partial charge >= 0.3 is 0 Å². The lowest BCUT2D eigenvalue weighted by atomic mass is 10.1. The molecule has 0 unspecified atom stereocenters. The molecule has 2 aromatic rings. The van der Waals surface area contributed by atoms with Gasteiger partial charge in [0.05, 0.1) is 10.6 Å². The highest BCUT2D eigenvalue weighted by molar-refractivity contribution is 9.10. The Kier molecular flexibility index (Phi) is 5.45. The summed E-state index contributed by atoms with van der Waals surface area (Å²) in [5, 5.41) is 12.1. The molecular weight excluding hydrogens is 422 g/mol. The fourth-order valence-electron chi connectivity index (χ4n) is 1.93. The van der Waals surface area contributed by atoms with Crippen LogP contribution in [0, 0.1) is 11.6 Å². The van der Waals surface area contributed by atoms with Crippen molar-refractivity contribution >= 4 is 37.5 Å². The Balaban J connectivity index is 2.35. The fourth-order valence-corrected chi connectivity index (χ4v) is 3.26. The summed E-state index contributed by atoms with van der Waals surface area (Å²) < 4.78 is 52.6. The number of nitrogens with zero attached hydrogens (tertiary/aromatic N) is 1. The van der Waals surface area contributed by atoms with Crippen molar-refractivity contribution in [3.05, 3.63) is 52.0 Å². The largest absolute Gasteiger partial charge is 0.506 e. The highest BCUT2D eigenvalue weighted by Gasteiger charge is 2.22. The molecule has 0 aliphatic rings. The molecule has 0 aromatic heterocycles. The van der Waals surface area contributed by atoms with E-state index in [1.54, 1.807) is 0 Å². The van der Waals surface area contributed by atoms with Gasteiger partial charge in [-0.15, -0.1) is 0 Å². The average Bonchev–Trinajstić information content (AvgIpc) is 2.47. The van der Waals surface area contributed by atoms with Crippen molar-refractivity contribution in [1.82, 2.24) is 4.31 Å². The molecule has 2 rings (SSSR count). The summed E-state index contributed by atoms with van der Waals surface area (Å²) in [7, 11) is -1.14. The van der Waals surface area contributed by atoms with Crippen LogP contribution >= 0.6 is 15.9 Å². The van der Waals surface area contributed by atoms with Crippen LogP contribution in [0.25, 0.3) is 0 Å². The van der Waals surface area contributed by atoms with Crippen molar-refractivity contribution in [1.29, 1.82) is 0 Å². The third-order valence-corrected chi connectivity index (χ3v) is 5.50. The van der Waals surface area contributed by atoms with E-state index >= 15 is 0 Å². The van der Waals surface area contributed by atoms with Gasteiger partial charge in [-0.2, -0.15) is 0 Å². The summed E-state index contributed by atoms with van der Waals surface area (Å²) in [5.41, 5.74) is -1.02. The molecule has 2 N–H and O–H groups in total. The van der Waals surface area contributed by atoms with Crippen LogP contribution in [0.5, 0.6) is 5.75 Å². The number of amides is 1. The number of hydrogen-bond acceptors (Lipinski definition) is 4. The van der Waals surface area contributed by atoms with Crippen LogP contribution in [0.15, 0.2) is 39.7 Å². The van der Waals surface area contributed by atoms with Crippen LogP contribution in [0.3, 0.4) is 0 Å². The molecule has 134 valence electrons. The molecule has 1 amide bonds. The van der Waals surface area contributed by atoms with Crippen LogP contribution < -0.4 is 5.32 Å². The lowest BCUT2D eigenvalue weighted by Gasteiger charge is -2.13. The van der Waals surface area contributed by atoms with E-state index in [9.17, 15) is 27.1 Å². The molecule has 6 nitrogen and oxygen atoms in total. The first-order valence-corrected chi connectivity index (χ1v) is 8.98. The Hall–Kier alpha value is -2.04. The second-order valence-electron chi connectivity index (χ2n) is 5.16. The molecule has 0 heterocycles. The van der Waals surface area contributed by atoms with Crippen LogP contribution in [0.2, 0.25) is 0 Å². The number of sulfonamides is 1. The average molecular weight is 435 g/mol. The number of hydrogen-bond donors (Lipinski definition) is 2. The molecule has 0 saturated carbocycles. The van der Waals surface area contributed by atoms with E-state index in [-0.39, 0.29) is 15.1 Å². The van der Waals surface area contributed by atoms with E-state index in [2.05, 4.69) is 21.2 Å². The lowest BCUT2D eigenvalue weighted by molar-refractivity contribution is 0.101. The summed E-state index contributed by atoms with van der Waals surface area (Å²) in [6.45, 7) is 0. The van der Waals surface area contributed by atoms with Crippen molar-refractivity contribution in [3.63, 3.8) is 0 Å². The molecular formula is C15H13BrF2N2O4S. The molecule has 25 heavy (non-hydrogen) atoms. The number of carbonyl (C=O) groups is 1. The molecule has 0 aliphatic heterocycles. The van der Waals surface area contributed by atoms with E-state index in [1.165, 1.54) is 14.1 Å². The van der Waals surface area contributed by atoms with E-state index in [1.807, 2.05) is 0 Å².